The minimum absolute atomic E-state index is 0.469. The number of anilines is 2. The number of nitrogens with zero attached hydrogens (tertiary/aromatic N) is 3. The molecule has 0 N–H and O–H groups in total. The molecule has 0 amide bonds. The highest BCUT2D eigenvalue weighted by Gasteiger charge is 2.28. The first-order valence-electron chi connectivity index (χ1n) is 9.72. The fourth-order valence-corrected chi connectivity index (χ4v) is 5.08. The van der Waals surface area contributed by atoms with Crippen LogP contribution in [0.25, 0.3) is 11.3 Å². The van der Waals surface area contributed by atoms with E-state index in [1.165, 1.54) is 37.1 Å². The van der Waals surface area contributed by atoms with Gasteiger partial charge in [0.2, 0.25) is 0 Å². The Bertz CT molecular complexity index is 888. The lowest BCUT2D eigenvalue weighted by atomic mass is 9.94. The highest BCUT2D eigenvalue weighted by atomic mass is 35.5. The van der Waals surface area contributed by atoms with Crippen molar-refractivity contribution >= 4 is 33.8 Å². The van der Waals surface area contributed by atoms with Crippen LogP contribution in [0.4, 0.5) is 10.8 Å². The summed E-state index contributed by atoms with van der Waals surface area (Å²) in [7, 11) is 0. The van der Waals surface area contributed by atoms with Crippen molar-refractivity contribution in [1.29, 1.82) is 0 Å². The van der Waals surface area contributed by atoms with Gasteiger partial charge >= 0.3 is 0 Å². The molecule has 0 aliphatic heterocycles. The summed E-state index contributed by atoms with van der Waals surface area (Å²) in [6, 6.07) is 14.6. The number of pyridine rings is 1. The van der Waals surface area contributed by atoms with Crippen molar-refractivity contribution in [3.8, 4) is 11.3 Å². The lowest BCUT2D eigenvalue weighted by Gasteiger charge is -2.34. The van der Waals surface area contributed by atoms with Gasteiger partial charge in [-0.05, 0) is 43.5 Å². The minimum Gasteiger partial charge on any atom is -0.313 e. The van der Waals surface area contributed by atoms with Crippen molar-refractivity contribution in [3.05, 3.63) is 58.7 Å². The molecule has 3 nitrogen and oxygen atoms in total. The standard InChI is InChI=1S/C22H24ClN3S/c1-2-20-25-21(16-9-8-10-17(23)15-16)22(27-20)26(18-11-4-3-5-12-18)19-13-6-7-14-24-19/h6-10,13-15,18H,2-5,11-12H2,1H3. The van der Waals surface area contributed by atoms with E-state index >= 15 is 0 Å². The molecule has 140 valence electrons. The van der Waals surface area contributed by atoms with Gasteiger partial charge in [-0.1, -0.05) is 56.0 Å². The predicted molar refractivity (Wildman–Crippen MR) is 115 cm³/mol. The summed E-state index contributed by atoms with van der Waals surface area (Å²) >= 11 is 8.07. The van der Waals surface area contributed by atoms with Crippen LogP contribution in [0.15, 0.2) is 48.7 Å². The van der Waals surface area contributed by atoms with Crippen molar-refractivity contribution < 1.29 is 0 Å². The number of hydrogen-bond acceptors (Lipinski definition) is 4. The lowest BCUT2D eigenvalue weighted by molar-refractivity contribution is 0.435. The van der Waals surface area contributed by atoms with Crippen LogP contribution >= 0.6 is 22.9 Å². The van der Waals surface area contributed by atoms with E-state index in [-0.39, 0.29) is 0 Å². The van der Waals surface area contributed by atoms with Gasteiger partial charge in [-0.25, -0.2) is 9.97 Å². The summed E-state index contributed by atoms with van der Waals surface area (Å²) in [6.07, 6.45) is 9.09. The van der Waals surface area contributed by atoms with E-state index in [1.807, 2.05) is 30.5 Å². The molecule has 0 bridgehead atoms. The molecule has 1 aromatic carbocycles. The van der Waals surface area contributed by atoms with Gasteiger partial charge < -0.3 is 4.90 Å². The average molecular weight is 398 g/mol. The first-order chi connectivity index (χ1) is 13.3. The highest BCUT2D eigenvalue weighted by molar-refractivity contribution is 7.16. The van der Waals surface area contributed by atoms with E-state index in [0.29, 0.717) is 6.04 Å². The molecule has 1 aliphatic rings. The van der Waals surface area contributed by atoms with Crippen LogP contribution in [-0.2, 0) is 6.42 Å². The molecule has 2 aromatic heterocycles. The summed E-state index contributed by atoms with van der Waals surface area (Å²) in [5.41, 5.74) is 2.10. The number of hydrogen-bond donors (Lipinski definition) is 0. The van der Waals surface area contributed by atoms with Crippen LogP contribution in [-0.4, -0.2) is 16.0 Å². The normalized spacial score (nSPS) is 15.0. The Hall–Kier alpha value is -1.91. The summed E-state index contributed by atoms with van der Waals surface area (Å²) in [5.74, 6) is 1.01. The van der Waals surface area contributed by atoms with Crippen LogP contribution in [0, 0.1) is 0 Å². The van der Waals surface area contributed by atoms with Gasteiger partial charge in [-0.15, -0.1) is 11.3 Å². The molecule has 1 saturated carbocycles. The van der Waals surface area contributed by atoms with Crippen LogP contribution in [0.1, 0.15) is 44.0 Å². The zero-order valence-corrected chi connectivity index (χ0v) is 17.1. The summed E-state index contributed by atoms with van der Waals surface area (Å²) in [6.45, 7) is 2.16. The van der Waals surface area contributed by atoms with Crippen molar-refractivity contribution in [3.63, 3.8) is 0 Å². The Morgan fingerprint density at radius 2 is 1.96 bits per heavy atom. The topological polar surface area (TPSA) is 29.0 Å². The van der Waals surface area contributed by atoms with Crippen LogP contribution in [0.2, 0.25) is 5.02 Å². The number of halogens is 1. The second-order valence-corrected chi connectivity index (χ2v) is 8.47. The molecule has 5 heteroatoms. The largest absolute Gasteiger partial charge is 0.313 e. The third-order valence-electron chi connectivity index (χ3n) is 5.11. The molecule has 0 radical (unpaired) electrons. The number of rotatable bonds is 5. The first kappa shape index (κ1) is 18.5. The Kier molecular flexibility index (Phi) is 5.74. The quantitative estimate of drug-likeness (QED) is 0.469. The minimum atomic E-state index is 0.469. The second-order valence-electron chi connectivity index (χ2n) is 6.98. The van der Waals surface area contributed by atoms with Gasteiger partial charge in [0.15, 0.2) is 0 Å². The van der Waals surface area contributed by atoms with Gasteiger partial charge in [0.1, 0.15) is 16.5 Å². The Balaban J connectivity index is 1.85. The smallest absolute Gasteiger partial charge is 0.133 e. The average Bonchev–Trinajstić information content (AvgIpc) is 3.14. The molecular weight excluding hydrogens is 374 g/mol. The first-order valence-corrected chi connectivity index (χ1v) is 10.9. The maximum atomic E-state index is 6.28. The zero-order valence-electron chi connectivity index (χ0n) is 15.6. The summed E-state index contributed by atoms with van der Waals surface area (Å²) < 4.78 is 0. The fourth-order valence-electron chi connectivity index (χ4n) is 3.79. The molecule has 3 aromatic rings. The van der Waals surface area contributed by atoms with Crippen molar-refractivity contribution in [2.75, 3.05) is 4.90 Å². The van der Waals surface area contributed by atoms with Crippen molar-refractivity contribution in [1.82, 2.24) is 9.97 Å². The Morgan fingerprint density at radius 1 is 1.11 bits per heavy atom. The SMILES string of the molecule is CCc1nc(-c2cccc(Cl)c2)c(N(c2ccccn2)C2CCCCC2)s1. The van der Waals surface area contributed by atoms with Crippen molar-refractivity contribution in [2.24, 2.45) is 0 Å². The predicted octanol–water partition coefficient (Wildman–Crippen LogP) is 6.89. The number of aromatic nitrogens is 2. The fraction of sp³-hybridized carbons (Fsp3) is 0.364. The third-order valence-corrected chi connectivity index (χ3v) is 6.54. The maximum absolute atomic E-state index is 6.28. The Labute approximate surface area is 170 Å². The molecule has 0 atom stereocenters. The van der Waals surface area contributed by atoms with Gasteiger partial charge in [0.05, 0.1) is 5.01 Å². The molecule has 2 heterocycles. The van der Waals surface area contributed by atoms with E-state index < -0.39 is 0 Å². The van der Waals surface area contributed by atoms with E-state index in [2.05, 4.69) is 30.0 Å². The zero-order chi connectivity index (χ0) is 18.6. The van der Waals surface area contributed by atoms with Crippen molar-refractivity contribution in [2.45, 2.75) is 51.5 Å². The van der Waals surface area contributed by atoms with E-state index in [4.69, 9.17) is 21.6 Å². The number of aryl methyl sites for hydroxylation is 1. The van der Waals surface area contributed by atoms with Crippen LogP contribution in [0.3, 0.4) is 0 Å². The van der Waals surface area contributed by atoms with E-state index in [9.17, 15) is 0 Å². The summed E-state index contributed by atoms with van der Waals surface area (Å²) in [5, 5.41) is 3.09. The van der Waals surface area contributed by atoms with Crippen LogP contribution < -0.4 is 4.90 Å². The number of benzene rings is 1. The molecule has 0 saturated heterocycles. The van der Waals surface area contributed by atoms with Gasteiger partial charge in [0, 0.05) is 22.8 Å². The van der Waals surface area contributed by atoms with Crippen LogP contribution in [0.5, 0.6) is 0 Å². The highest BCUT2D eigenvalue weighted by Crippen LogP contribution is 2.43. The lowest BCUT2D eigenvalue weighted by Crippen LogP contribution is -2.33. The number of thiazole rings is 1. The molecule has 1 fully saturated rings. The van der Waals surface area contributed by atoms with Gasteiger partial charge in [0.25, 0.3) is 0 Å². The van der Waals surface area contributed by atoms with Gasteiger partial charge in [-0.2, -0.15) is 0 Å². The third kappa shape index (κ3) is 4.02. The maximum Gasteiger partial charge on any atom is 0.133 e. The van der Waals surface area contributed by atoms with Gasteiger partial charge in [-0.3, -0.25) is 0 Å². The molecule has 0 spiro atoms. The monoisotopic (exact) mass is 397 g/mol. The Morgan fingerprint density at radius 3 is 2.67 bits per heavy atom. The van der Waals surface area contributed by atoms with E-state index in [0.717, 1.165) is 33.5 Å². The summed E-state index contributed by atoms with van der Waals surface area (Å²) in [4.78, 5) is 12.1. The molecule has 4 rings (SSSR count). The molecule has 1 aliphatic carbocycles. The second kappa shape index (κ2) is 8.41. The van der Waals surface area contributed by atoms with E-state index in [1.54, 1.807) is 11.3 Å². The molecular formula is C22H24ClN3S. The molecule has 27 heavy (non-hydrogen) atoms. The molecule has 0 unspecified atom stereocenters.